The van der Waals surface area contributed by atoms with Gasteiger partial charge in [-0.2, -0.15) is 16.8 Å². The Morgan fingerprint density at radius 3 is 1.62 bits per heavy atom. The Morgan fingerprint density at radius 1 is 0.744 bits per heavy atom. The van der Waals surface area contributed by atoms with Crippen LogP contribution in [0.2, 0.25) is 0 Å². The fraction of sp³-hybridized carbons (Fsp3) is 0.455. The molecule has 0 radical (unpaired) electrons. The zero-order valence-electron chi connectivity index (χ0n) is 21.1. The lowest BCUT2D eigenvalue weighted by Crippen LogP contribution is -2.34. The van der Waals surface area contributed by atoms with Gasteiger partial charge >= 0.3 is 0 Å². The van der Waals surface area contributed by atoms with Gasteiger partial charge in [0.05, 0.1) is 29.3 Å². The summed E-state index contributed by atoms with van der Waals surface area (Å²) >= 11 is 0. The van der Waals surface area contributed by atoms with Crippen LogP contribution in [-0.2, 0) is 39.7 Å². The second-order valence-electron chi connectivity index (χ2n) is 8.10. The third-order valence-corrected chi connectivity index (χ3v) is 7.37. The van der Waals surface area contributed by atoms with E-state index < -0.39 is 30.3 Å². The van der Waals surface area contributed by atoms with Gasteiger partial charge in [-0.05, 0) is 37.2 Å². The van der Waals surface area contributed by atoms with Crippen LogP contribution >= 0.6 is 0 Å². The van der Waals surface area contributed by atoms with Crippen molar-refractivity contribution >= 4 is 30.3 Å². The molecule has 3 N–H and O–H groups in total. The molecule has 0 aromatic heterocycles. The first-order valence-electron chi connectivity index (χ1n) is 11.5. The summed E-state index contributed by atoms with van der Waals surface area (Å²) in [7, 11) is -12.0. The highest BCUT2D eigenvalue weighted by Gasteiger charge is 2.12. The molecule has 0 saturated heterocycles. The van der Waals surface area contributed by atoms with Gasteiger partial charge in [-0.1, -0.05) is 12.1 Å². The summed E-state index contributed by atoms with van der Waals surface area (Å²) in [4.78, 5) is 1.36. The van der Waals surface area contributed by atoms with E-state index in [1.54, 1.807) is 0 Å². The molecule has 0 amide bonds. The molecule has 0 spiro atoms. The predicted molar refractivity (Wildman–Crippen MR) is 139 cm³/mol. The van der Waals surface area contributed by atoms with Crippen molar-refractivity contribution in [2.24, 2.45) is 0 Å². The Hall–Kier alpha value is -2.35. The van der Waals surface area contributed by atoms with Crippen molar-refractivity contribution in [3.63, 3.8) is 0 Å². The van der Waals surface area contributed by atoms with Crippen LogP contribution in [-0.4, -0.2) is 98.5 Å². The Bertz CT molecular complexity index is 1280. The van der Waals surface area contributed by atoms with Crippen molar-refractivity contribution in [1.29, 1.82) is 0 Å². The summed E-state index contributed by atoms with van der Waals surface area (Å²) in [5.41, 5.74) is 0. The number of benzene rings is 2. The highest BCUT2D eigenvalue weighted by atomic mass is 32.2. The van der Waals surface area contributed by atoms with Crippen molar-refractivity contribution in [2.45, 2.75) is 16.2 Å². The molecule has 220 valence electrons. The monoisotopic (exact) mass is 612 g/mol. The topological polar surface area (TPSA) is 195 Å². The second-order valence-corrected chi connectivity index (χ2v) is 12.8. The minimum absolute atomic E-state index is 0.175. The van der Waals surface area contributed by atoms with E-state index >= 15 is 0 Å². The van der Waals surface area contributed by atoms with E-state index in [9.17, 15) is 25.3 Å². The van der Waals surface area contributed by atoms with Gasteiger partial charge in [0.1, 0.15) is 11.5 Å². The average Bonchev–Trinajstić information content (AvgIpc) is 2.84. The maximum absolute atomic E-state index is 11.3. The molecule has 0 aliphatic rings. The normalized spacial score (nSPS) is 12.5. The van der Waals surface area contributed by atoms with Gasteiger partial charge in [0.25, 0.3) is 20.2 Å². The van der Waals surface area contributed by atoms with Crippen LogP contribution in [0.1, 0.15) is 6.42 Å². The van der Waals surface area contributed by atoms with Crippen LogP contribution in [0.15, 0.2) is 58.3 Å². The third kappa shape index (κ3) is 14.0. The molecule has 0 saturated carbocycles. The largest absolute Gasteiger partial charge is 0.468 e. The number of ether oxygens (including phenoxy) is 4. The number of nitrogens with one attached hydrogen (secondary N) is 1. The Morgan fingerprint density at radius 2 is 1.21 bits per heavy atom. The molecule has 14 nitrogen and oxygen atoms in total. The molecule has 0 aliphatic heterocycles. The Kier molecular flexibility index (Phi) is 13.0. The van der Waals surface area contributed by atoms with Gasteiger partial charge in [0, 0.05) is 31.8 Å². The van der Waals surface area contributed by atoms with Gasteiger partial charge in [-0.3, -0.25) is 14.0 Å². The van der Waals surface area contributed by atoms with Gasteiger partial charge in [0.2, 0.25) is 10.0 Å². The first-order valence-corrected chi connectivity index (χ1v) is 16.2. The zero-order chi connectivity index (χ0) is 28.9. The minimum Gasteiger partial charge on any atom is -0.468 e. The number of rotatable bonds is 19. The summed E-state index contributed by atoms with van der Waals surface area (Å²) in [6.07, 6.45) is 1.59. The standard InChI is InChI=1S/C22H32N2O12S3/c1-37(25,26)23-9-4-10-24(11-13-33-17-35-19-5-2-7-21(15-19)38(27,28)29)12-14-34-18-36-20-6-3-8-22(16-20)39(30,31)32/h2-3,5-8,15-16,23H,4,9-14,17-18H2,1H3,(H,27,28,29)(H,30,31,32). The summed E-state index contributed by atoms with van der Waals surface area (Å²) in [5.74, 6) is 0.397. The van der Waals surface area contributed by atoms with Gasteiger partial charge in [0.15, 0.2) is 13.6 Å². The number of sulfonamides is 1. The molecule has 0 atom stereocenters. The predicted octanol–water partition coefficient (Wildman–Crippen LogP) is 0.827. The molecule has 0 heterocycles. The molecular formula is C22H32N2O12S3. The number of hydrogen-bond acceptors (Lipinski definition) is 11. The lowest BCUT2D eigenvalue weighted by molar-refractivity contribution is -0.0111. The first kappa shape index (κ1) is 32.9. The minimum atomic E-state index is -4.35. The maximum atomic E-state index is 11.3. The lowest BCUT2D eigenvalue weighted by atomic mass is 10.3. The van der Waals surface area contributed by atoms with Gasteiger partial charge in [-0.15, -0.1) is 0 Å². The molecule has 2 aromatic carbocycles. The fourth-order valence-corrected chi connectivity index (χ4v) is 4.62. The summed E-state index contributed by atoms with van der Waals surface area (Å²) in [6, 6.07) is 10.6. The maximum Gasteiger partial charge on any atom is 0.294 e. The zero-order valence-corrected chi connectivity index (χ0v) is 23.6. The molecule has 0 fully saturated rings. The van der Waals surface area contributed by atoms with Crippen LogP contribution < -0.4 is 14.2 Å². The molecule has 2 rings (SSSR count). The van der Waals surface area contributed by atoms with Crippen LogP contribution in [0.3, 0.4) is 0 Å². The van der Waals surface area contributed by atoms with E-state index in [4.69, 9.17) is 28.1 Å². The molecule has 2 aromatic rings. The highest BCUT2D eigenvalue weighted by Crippen LogP contribution is 2.18. The van der Waals surface area contributed by atoms with E-state index in [-0.39, 0.29) is 54.6 Å². The van der Waals surface area contributed by atoms with Crippen LogP contribution in [0.25, 0.3) is 0 Å². The molecule has 17 heteroatoms. The van der Waals surface area contributed by atoms with E-state index in [0.29, 0.717) is 26.1 Å². The average molecular weight is 613 g/mol. The Labute approximate surface area is 228 Å². The smallest absolute Gasteiger partial charge is 0.294 e. The molecule has 0 unspecified atom stereocenters. The summed E-state index contributed by atoms with van der Waals surface area (Å²) < 4.78 is 110. The Balaban J connectivity index is 1.77. The lowest BCUT2D eigenvalue weighted by Gasteiger charge is -2.22. The van der Waals surface area contributed by atoms with Crippen molar-refractivity contribution < 1.29 is 53.3 Å². The van der Waals surface area contributed by atoms with Crippen LogP contribution in [0, 0.1) is 0 Å². The van der Waals surface area contributed by atoms with Gasteiger partial charge < -0.3 is 18.9 Å². The second kappa shape index (κ2) is 15.4. The van der Waals surface area contributed by atoms with E-state index in [2.05, 4.69) is 4.72 Å². The molecule has 0 bridgehead atoms. The first-order chi connectivity index (χ1) is 18.2. The van der Waals surface area contributed by atoms with Gasteiger partial charge in [-0.25, -0.2) is 13.1 Å². The van der Waals surface area contributed by atoms with Crippen LogP contribution in [0.4, 0.5) is 0 Å². The fourth-order valence-electron chi connectivity index (χ4n) is 3.07. The third-order valence-electron chi connectivity index (χ3n) is 4.94. The molecular weight excluding hydrogens is 580 g/mol. The highest BCUT2D eigenvalue weighted by molar-refractivity contribution is 7.88. The summed E-state index contributed by atoms with van der Waals surface area (Å²) in [6.45, 7) is 1.76. The van der Waals surface area contributed by atoms with Crippen molar-refractivity contribution in [3.8, 4) is 11.5 Å². The molecule has 39 heavy (non-hydrogen) atoms. The quantitative estimate of drug-likeness (QED) is 0.115. The van der Waals surface area contributed by atoms with Crippen molar-refractivity contribution in [3.05, 3.63) is 48.5 Å². The van der Waals surface area contributed by atoms with E-state index in [1.165, 1.54) is 36.4 Å². The summed E-state index contributed by atoms with van der Waals surface area (Å²) in [5, 5.41) is 0. The SMILES string of the molecule is CS(=O)(=O)NCCCN(CCOCOc1cccc(S(=O)(=O)O)c1)CCOCOc1cccc(S(=O)(=O)O)c1. The van der Waals surface area contributed by atoms with Crippen molar-refractivity contribution in [1.82, 2.24) is 9.62 Å². The number of hydrogen-bond donors (Lipinski definition) is 3. The van der Waals surface area contributed by atoms with E-state index in [1.807, 2.05) is 4.90 Å². The van der Waals surface area contributed by atoms with E-state index in [0.717, 1.165) is 18.4 Å². The van der Waals surface area contributed by atoms with Crippen LogP contribution in [0.5, 0.6) is 11.5 Å². The number of nitrogens with zero attached hydrogens (tertiary/aromatic N) is 1. The molecule has 0 aliphatic carbocycles. The van der Waals surface area contributed by atoms with Crippen molar-refractivity contribution in [2.75, 3.05) is 59.2 Å².